The number of rotatable bonds is 3. The first-order chi connectivity index (χ1) is 10.5. The quantitative estimate of drug-likeness (QED) is 0.729. The van der Waals surface area contributed by atoms with Crippen molar-refractivity contribution in [2.24, 2.45) is 0 Å². The highest BCUT2D eigenvalue weighted by Crippen LogP contribution is 2.33. The van der Waals surface area contributed by atoms with Gasteiger partial charge in [0.25, 0.3) is 11.5 Å². The van der Waals surface area contributed by atoms with Crippen molar-refractivity contribution in [1.29, 1.82) is 0 Å². The van der Waals surface area contributed by atoms with Gasteiger partial charge in [-0.15, -0.1) is 0 Å². The topological polar surface area (TPSA) is 118 Å². The van der Waals surface area contributed by atoms with Crippen LogP contribution in [0.15, 0.2) is 23.0 Å². The number of hydrogen-bond donors (Lipinski definition) is 3. The Morgan fingerprint density at radius 3 is 2.86 bits per heavy atom. The number of carbonyl (C=O) groups is 2. The Kier molecular flexibility index (Phi) is 3.21. The van der Waals surface area contributed by atoms with Gasteiger partial charge in [-0.25, -0.2) is 0 Å². The summed E-state index contributed by atoms with van der Waals surface area (Å²) in [4.78, 5) is 35.0. The molecule has 2 aromatic rings. The molecule has 3 N–H and O–H groups in total. The second-order valence-corrected chi connectivity index (χ2v) is 4.76. The van der Waals surface area contributed by atoms with Crippen molar-refractivity contribution in [3.63, 3.8) is 0 Å². The first kappa shape index (κ1) is 13.9. The van der Waals surface area contributed by atoms with Gasteiger partial charge in [-0.1, -0.05) is 6.07 Å². The van der Waals surface area contributed by atoms with Gasteiger partial charge in [0, 0.05) is 5.39 Å². The van der Waals surface area contributed by atoms with Crippen LogP contribution in [0.3, 0.4) is 0 Å². The summed E-state index contributed by atoms with van der Waals surface area (Å²) < 4.78 is 6.79. The zero-order chi connectivity index (χ0) is 15.9. The van der Waals surface area contributed by atoms with Crippen molar-refractivity contribution in [1.82, 2.24) is 9.88 Å². The number of hydrogen-bond acceptors (Lipinski definition) is 5. The Hall–Kier alpha value is -3.03. The van der Waals surface area contributed by atoms with Crippen molar-refractivity contribution in [3.8, 4) is 11.5 Å². The van der Waals surface area contributed by atoms with Gasteiger partial charge in [-0.05, 0) is 12.1 Å². The molecular weight excluding hydrogens is 292 g/mol. The SMILES string of the molecule is O=C(O)CNC(=O)c1c(O)c2cccc3c2n(c1=O)CCO3. The lowest BCUT2D eigenvalue weighted by Gasteiger charge is -2.21. The van der Waals surface area contributed by atoms with Gasteiger partial charge in [-0.3, -0.25) is 14.4 Å². The number of aromatic nitrogens is 1. The summed E-state index contributed by atoms with van der Waals surface area (Å²) in [7, 11) is 0. The molecule has 0 saturated carbocycles. The van der Waals surface area contributed by atoms with E-state index in [-0.39, 0.29) is 13.2 Å². The molecule has 0 atom stereocenters. The number of benzene rings is 1. The van der Waals surface area contributed by atoms with Crippen LogP contribution in [-0.4, -0.2) is 39.8 Å². The van der Waals surface area contributed by atoms with Gasteiger partial charge in [0.15, 0.2) is 0 Å². The van der Waals surface area contributed by atoms with Crippen molar-refractivity contribution >= 4 is 22.8 Å². The maximum atomic E-state index is 12.4. The standard InChI is InChI=1S/C14H12N2O6/c17-9(18)6-15-13(20)10-12(19)7-2-1-3-8-11(7)16(14(10)21)4-5-22-8/h1-3,19H,4-6H2,(H,15,20)(H,17,18). The van der Waals surface area contributed by atoms with Crippen molar-refractivity contribution in [2.75, 3.05) is 13.2 Å². The van der Waals surface area contributed by atoms with Crippen LogP contribution >= 0.6 is 0 Å². The molecule has 114 valence electrons. The Labute approximate surface area is 123 Å². The maximum Gasteiger partial charge on any atom is 0.322 e. The van der Waals surface area contributed by atoms with Crippen LogP contribution in [0.5, 0.6) is 11.5 Å². The lowest BCUT2D eigenvalue weighted by molar-refractivity contribution is -0.135. The van der Waals surface area contributed by atoms with Gasteiger partial charge >= 0.3 is 5.97 Å². The minimum Gasteiger partial charge on any atom is -0.506 e. The number of aliphatic carboxylic acids is 1. The Bertz CT molecular complexity index is 855. The molecule has 1 aromatic carbocycles. The van der Waals surface area contributed by atoms with Crippen molar-refractivity contribution in [2.45, 2.75) is 6.54 Å². The molecule has 1 aromatic heterocycles. The molecule has 22 heavy (non-hydrogen) atoms. The number of carboxylic acids is 1. The fourth-order valence-electron chi connectivity index (χ4n) is 2.49. The Balaban J connectivity index is 2.22. The highest BCUT2D eigenvalue weighted by Gasteiger charge is 2.25. The molecule has 0 spiro atoms. The normalized spacial score (nSPS) is 12.7. The molecule has 0 saturated heterocycles. The van der Waals surface area contributed by atoms with Gasteiger partial charge in [0.1, 0.15) is 30.2 Å². The van der Waals surface area contributed by atoms with E-state index in [1.807, 2.05) is 0 Å². The van der Waals surface area contributed by atoms with E-state index in [9.17, 15) is 19.5 Å². The van der Waals surface area contributed by atoms with Crippen LogP contribution in [0.1, 0.15) is 10.4 Å². The lowest BCUT2D eigenvalue weighted by Crippen LogP contribution is -2.37. The monoisotopic (exact) mass is 304 g/mol. The zero-order valence-electron chi connectivity index (χ0n) is 11.3. The number of pyridine rings is 1. The molecule has 0 unspecified atom stereocenters. The van der Waals surface area contributed by atoms with Crippen molar-refractivity contribution < 1.29 is 24.5 Å². The summed E-state index contributed by atoms with van der Waals surface area (Å²) in [6.45, 7) is -0.127. The van der Waals surface area contributed by atoms with Crippen LogP contribution in [0, 0.1) is 0 Å². The fraction of sp³-hybridized carbons (Fsp3) is 0.214. The highest BCUT2D eigenvalue weighted by atomic mass is 16.5. The van der Waals surface area contributed by atoms with E-state index < -0.39 is 35.3 Å². The number of nitrogens with one attached hydrogen (secondary N) is 1. The largest absolute Gasteiger partial charge is 0.506 e. The highest BCUT2D eigenvalue weighted by molar-refractivity contribution is 6.04. The molecule has 0 bridgehead atoms. The number of para-hydroxylation sites is 1. The van der Waals surface area contributed by atoms with E-state index in [2.05, 4.69) is 5.32 Å². The van der Waals surface area contributed by atoms with Crippen LogP contribution in [0.2, 0.25) is 0 Å². The summed E-state index contributed by atoms with van der Waals surface area (Å²) in [5, 5.41) is 21.2. The molecular formula is C14H12N2O6. The molecule has 1 aliphatic heterocycles. The zero-order valence-corrected chi connectivity index (χ0v) is 11.3. The van der Waals surface area contributed by atoms with Crippen LogP contribution in [-0.2, 0) is 11.3 Å². The van der Waals surface area contributed by atoms with Crippen LogP contribution in [0.4, 0.5) is 0 Å². The third kappa shape index (κ3) is 2.05. The van der Waals surface area contributed by atoms with Gasteiger partial charge in [0.2, 0.25) is 0 Å². The molecule has 1 amide bonds. The molecule has 3 rings (SSSR count). The molecule has 8 heteroatoms. The summed E-state index contributed by atoms with van der Waals surface area (Å²) >= 11 is 0. The van der Waals surface area contributed by atoms with E-state index in [0.29, 0.717) is 16.7 Å². The summed E-state index contributed by atoms with van der Waals surface area (Å²) in [6, 6.07) is 4.87. The summed E-state index contributed by atoms with van der Waals surface area (Å²) in [5.41, 5.74) is -0.720. The van der Waals surface area contributed by atoms with E-state index in [1.165, 1.54) is 4.57 Å². The van der Waals surface area contributed by atoms with Gasteiger partial charge in [-0.2, -0.15) is 0 Å². The van der Waals surface area contributed by atoms with E-state index in [4.69, 9.17) is 9.84 Å². The average molecular weight is 304 g/mol. The minimum absolute atomic E-state index is 0.242. The van der Waals surface area contributed by atoms with Crippen LogP contribution in [0.25, 0.3) is 10.9 Å². The number of nitrogens with zero attached hydrogens (tertiary/aromatic N) is 1. The smallest absolute Gasteiger partial charge is 0.322 e. The molecule has 0 fully saturated rings. The minimum atomic E-state index is -1.24. The number of ether oxygens (including phenoxy) is 1. The average Bonchev–Trinajstić information content (AvgIpc) is 2.50. The third-order valence-corrected chi connectivity index (χ3v) is 3.42. The molecule has 2 heterocycles. The molecule has 1 aliphatic rings. The number of carbonyl (C=O) groups excluding carboxylic acids is 1. The van der Waals surface area contributed by atoms with Crippen molar-refractivity contribution in [3.05, 3.63) is 34.1 Å². The van der Waals surface area contributed by atoms with E-state index in [1.54, 1.807) is 18.2 Å². The molecule has 0 aliphatic carbocycles. The first-order valence-electron chi connectivity index (χ1n) is 6.52. The second kappa shape index (κ2) is 5.06. The third-order valence-electron chi connectivity index (χ3n) is 3.42. The lowest BCUT2D eigenvalue weighted by atomic mass is 10.1. The maximum absolute atomic E-state index is 12.4. The molecule has 8 nitrogen and oxygen atoms in total. The summed E-state index contributed by atoms with van der Waals surface area (Å²) in [6.07, 6.45) is 0. The van der Waals surface area contributed by atoms with E-state index >= 15 is 0 Å². The Morgan fingerprint density at radius 2 is 2.14 bits per heavy atom. The number of aromatic hydroxyl groups is 1. The first-order valence-corrected chi connectivity index (χ1v) is 6.52. The summed E-state index contributed by atoms with van der Waals surface area (Å²) in [5.74, 6) is -2.20. The predicted octanol–water partition coefficient (Wildman–Crippen LogP) is -0.0861. The molecule has 0 radical (unpaired) electrons. The van der Waals surface area contributed by atoms with Gasteiger partial charge in [0.05, 0.1) is 12.1 Å². The van der Waals surface area contributed by atoms with E-state index in [0.717, 1.165) is 0 Å². The van der Waals surface area contributed by atoms with Gasteiger partial charge < -0.3 is 24.8 Å². The predicted molar refractivity (Wildman–Crippen MR) is 75.3 cm³/mol. The van der Waals surface area contributed by atoms with Crippen LogP contribution < -0.4 is 15.6 Å². The number of carboxylic acid groups (broad SMARTS) is 1. The fourth-order valence-corrected chi connectivity index (χ4v) is 2.49. The second-order valence-electron chi connectivity index (χ2n) is 4.76. The Morgan fingerprint density at radius 1 is 1.36 bits per heavy atom. The number of amides is 1.